The van der Waals surface area contributed by atoms with Crippen molar-refractivity contribution in [2.45, 2.75) is 6.54 Å². The molecule has 3 N–H and O–H groups in total. The van der Waals surface area contributed by atoms with Gasteiger partial charge in [0.05, 0.1) is 4.70 Å². The van der Waals surface area contributed by atoms with Gasteiger partial charge in [-0.05, 0) is 12.1 Å². The van der Waals surface area contributed by atoms with Gasteiger partial charge >= 0.3 is 4.87 Å². The van der Waals surface area contributed by atoms with Gasteiger partial charge in [-0.25, -0.2) is 0 Å². The number of rotatable bonds is 2. The number of nitrogens with two attached hydrogens (primary N) is 1. The Morgan fingerprint density at radius 1 is 1.47 bits per heavy atom. The number of aromatic nitrogens is 1. The third-order valence-electron chi connectivity index (χ3n) is 2.02. The standard InChI is InChI=1S/C9H10N2O2S.BrH/c10-4-5-11-8-6(12)2-1-3-7(8)14-9(11)13;/h1-3,12H,4-5,10H2;1H. The number of phenols is 1. The first-order chi connectivity index (χ1) is 6.74. The zero-order valence-electron chi connectivity index (χ0n) is 7.84. The Kier molecular flexibility index (Phi) is 3.90. The molecule has 15 heavy (non-hydrogen) atoms. The second-order valence-corrected chi connectivity index (χ2v) is 3.93. The van der Waals surface area contributed by atoms with Crippen LogP contribution in [0.5, 0.6) is 5.75 Å². The second-order valence-electron chi connectivity index (χ2n) is 2.93. The van der Waals surface area contributed by atoms with Crippen LogP contribution in [-0.4, -0.2) is 16.2 Å². The number of halogens is 1. The highest BCUT2D eigenvalue weighted by molar-refractivity contribution is 8.93. The molecular weight excluding hydrogens is 280 g/mol. The lowest BCUT2D eigenvalue weighted by Crippen LogP contribution is -2.18. The summed E-state index contributed by atoms with van der Waals surface area (Å²) in [7, 11) is 0. The number of aromatic hydroxyl groups is 1. The SMILES string of the molecule is Br.NCCn1c(=O)sc2cccc(O)c21. The monoisotopic (exact) mass is 290 g/mol. The maximum absolute atomic E-state index is 11.5. The van der Waals surface area contributed by atoms with Crippen LogP contribution in [-0.2, 0) is 6.54 Å². The van der Waals surface area contributed by atoms with Crippen LogP contribution in [0.3, 0.4) is 0 Å². The van der Waals surface area contributed by atoms with Gasteiger partial charge in [0.15, 0.2) is 0 Å². The summed E-state index contributed by atoms with van der Waals surface area (Å²) in [6.45, 7) is 0.830. The molecule has 0 unspecified atom stereocenters. The molecule has 1 aromatic carbocycles. The van der Waals surface area contributed by atoms with Gasteiger partial charge in [0.2, 0.25) is 0 Å². The Morgan fingerprint density at radius 3 is 2.87 bits per heavy atom. The highest BCUT2D eigenvalue weighted by Crippen LogP contribution is 2.25. The smallest absolute Gasteiger partial charge is 0.308 e. The molecule has 0 saturated heterocycles. The molecule has 2 aromatic rings. The van der Waals surface area contributed by atoms with Crippen molar-refractivity contribution in [1.29, 1.82) is 0 Å². The van der Waals surface area contributed by atoms with Crippen molar-refractivity contribution in [2.75, 3.05) is 6.54 Å². The van der Waals surface area contributed by atoms with Crippen molar-refractivity contribution in [2.24, 2.45) is 5.73 Å². The van der Waals surface area contributed by atoms with Crippen LogP contribution in [0, 0.1) is 0 Å². The van der Waals surface area contributed by atoms with Crippen LogP contribution in [0.1, 0.15) is 0 Å². The molecule has 1 heterocycles. The number of para-hydroxylation sites is 1. The summed E-state index contributed by atoms with van der Waals surface area (Å²) in [5, 5.41) is 9.60. The summed E-state index contributed by atoms with van der Waals surface area (Å²) in [6, 6.07) is 5.11. The Labute approximate surface area is 101 Å². The summed E-state index contributed by atoms with van der Waals surface area (Å²) in [5.74, 6) is 0.134. The van der Waals surface area contributed by atoms with Crippen LogP contribution >= 0.6 is 28.3 Å². The van der Waals surface area contributed by atoms with Gasteiger partial charge < -0.3 is 10.8 Å². The molecule has 0 bridgehead atoms. The number of hydrogen-bond acceptors (Lipinski definition) is 4. The van der Waals surface area contributed by atoms with Gasteiger partial charge in [-0.3, -0.25) is 9.36 Å². The summed E-state index contributed by atoms with van der Waals surface area (Å²) < 4.78 is 2.30. The predicted molar refractivity (Wildman–Crippen MR) is 67.1 cm³/mol. The second kappa shape index (κ2) is 4.78. The van der Waals surface area contributed by atoms with Gasteiger partial charge in [-0.1, -0.05) is 17.4 Å². The van der Waals surface area contributed by atoms with Crippen molar-refractivity contribution in [3.8, 4) is 5.75 Å². The van der Waals surface area contributed by atoms with Crippen LogP contribution in [0.25, 0.3) is 10.2 Å². The topological polar surface area (TPSA) is 68.2 Å². The minimum atomic E-state index is -0.0769. The van der Waals surface area contributed by atoms with E-state index in [1.54, 1.807) is 12.1 Å². The lowest BCUT2D eigenvalue weighted by molar-refractivity contribution is 0.477. The van der Waals surface area contributed by atoms with Crippen LogP contribution in [0.15, 0.2) is 23.0 Å². The molecule has 82 valence electrons. The highest BCUT2D eigenvalue weighted by atomic mass is 79.9. The lowest BCUT2D eigenvalue weighted by Gasteiger charge is -2.01. The van der Waals surface area contributed by atoms with Gasteiger partial charge in [0, 0.05) is 13.1 Å². The summed E-state index contributed by atoms with van der Waals surface area (Å²) >= 11 is 1.12. The van der Waals surface area contributed by atoms with E-state index in [1.807, 2.05) is 6.07 Å². The lowest BCUT2D eigenvalue weighted by atomic mass is 10.3. The summed E-state index contributed by atoms with van der Waals surface area (Å²) in [4.78, 5) is 11.4. The minimum Gasteiger partial charge on any atom is -0.506 e. The average molecular weight is 291 g/mol. The molecule has 0 radical (unpaired) electrons. The van der Waals surface area contributed by atoms with Gasteiger partial charge in [0.1, 0.15) is 11.3 Å². The molecule has 1 aromatic heterocycles. The van der Waals surface area contributed by atoms with E-state index in [0.717, 1.165) is 16.0 Å². The fourth-order valence-electron chi connectivity index (χ4n) is 1.44. The van der Waals surface area contributed by atoms with Crippen molar-refractivity contribution < 1.29 is 5.11 Å². The number of fused-ring (bicyclic) bond motifs is 1. The van der Waals surface area contributed by atoms with Crippen molar-refractivity contribution in [3.05, 3.63) is 27.9 Å². The maximum Gasteiger partial charge on any atom is 0.308 e. The van der Waals surface area contributed by atoms with Crippen LogP contribution in [0.4, 0.5) is 0 Å². The molecule has 0 aliphatic carbocycles. The van der Waals surface area contributed by atoms with E-state index in [9.17, 15) is 9.90 Å². The minimum absolute atomic E-state index is 0. The van der Waals surface area contributed by atoms with Gasteiger partial charge in [-0.2, -0.15) is 0 Å². The number of nitrogens with zero attached hydrogens (tertiary/aromatic N) is 1. The normalized spacial score (nSPS) is 10.2. The summed E-state index contributed by atoms with van der Waals surface area (Å²) in [5.41, 5.74) is 5.98. The number of hydrogen-bond donors (Lipinski definition) is 2. The number of benzene rings is 1. The molecule has 0 spiro atoms. The molecule has 0 fully saturated rings. The maximum atomic E-state index is 11.5. The van der Waals surface area contributed by atoms with Gasteiger partial charge in [-0.15, -0.1) is 17.0 Å². The summed E-state index contributed by atoms with van der Waals surface area (Å²) in [6.07, 6.45) is 0. The first-order valence-corrected chi connectivity index (χ1v) is 5.07. The zero-order chi connectivity index (χ0) is 10.1. The van der Waals surface area contributed by atoms with E-state index in [4.69, 9.17) is 5.73 Å². The molecule has 0 atom stereocenters. The number of thiazole rings is 1. The van der Waals surface area contributed by atoms with Gasteiger partial charge in [0.25, 0.3) is 0 Å². The zero-order valence-corrected chi connectivity index (χ0v) is 10.4. The van der Waals surface area contributed by atoms with Crippen molar-refractivity contribution in [1.82, 2.24) is 4.57 Å². The molecule has 0 amide bonds. The highest BCUT2D eigenvalue weighted by Gasteiger charge is 2.09. The van der Waals surface area contributed by atoms with E-state index < -0.39 is 0 Å². The Balaban J connectivity index is 0.00000112. The van der Waals surface area contributed by atoms with Crippen LogP contribution in [0.2, 0.25) is 0 Å². The molecule has 6 heteroatoms. The Hall–Kier alpha value is -0.850. The first-order valence-electron chi connectivity index (χ1n) is 4.25. The van der Waals surface area contributed by atoms with Crippen molar-refractivity contribution in [3.63, 3.8) is 0 Å². The molecule has 0 aliphatic heterocycles. The Bertz CT molecular complexity index is 520. The quantitative estimate of drug-likeness (QED) is 0.876. The van der Waals surface area contributed by atoms with E-state index in [2.05, 4.69) is 0 Å². The van der Waals surface area contributed by atoms with E-state index >= 15 is 0 Å². The molecule has 4 nitrogen and oxygen atoms in total. The third-order valence-corrected chi connectivity index (χ3v) is 2.96. The predicted octanol–water partition coefficient (Wildman–Crippen LogP) is 1.31. The van der Waals surface area contributed by atoms with Crippen molar-refractivity contribution >= 4 is 38.5 Å². The van der Waals surface area contributed by atoms with E-state index in [-0.39, 0.29) is 27.6 Å². The first kappa shape index (κ1) is 12.2. The fraction of sp³-hybridized carbons (Fsp3) is 0.222. The largest absolute Gasteiger partial charge is 0.506 e. The number of phenolic OH excluding ortho intramolecular Hbond substituents is 1. The molecule has 0 aliphatic rings. The van der Waals surface area contributed by atoms with E-state index in [0.29, 0.717) is 18.6 Å². The molecule has 2 rings (SSSR count). The fourth-order valence-corrected chi connectivity index (χ4v) is 2.38. The molecular formula is C9H11BrN2O2S. The Morgan fingerprint density at radius 2 is 2.20 bits per heavy atom. The average Bonchev–Trinajstić information content (AvgIpc) is 2.45. The molecule has 0 saturated carbocycles. The van der Waals surface area contributed by atoms with E-state index in [1.165, 1.54) is 4.57 Å². The van der Waals surface area contributed by atoms with Crippen LogP contribution < -0.4 is 10.6 Å². The third kappa shape index (κ3) is 2.06.